The monoisotopic (exact) mass is 256 g/mol. The van der Waals surface area contributed by atoms with E-state index in [0.717, 1.165) is 19.0 Å². The lowest BCUT2D eigenvalue weighted by atomic mass is 10.2. The van der Waals surface area contributed by atoms with Crippen molar-refractivity contribution >= 4 is 23.4 Å². The van der Waals surface area contributed by atoms with E-state index in [4.69, 9.17) is 10.5 Å². The fourth-order valence-corrected chi connectivity index (χ4v) is 2.67. The summed E-state index contributed by atoms with van der Waals surface area (Å²) in [5.74, 6) is 0.0603. The van der Waals surface area contributed by atoms with Crippen LogP contribution in [0.2, 0.25) is 0 Å². The van der Waals surface area contributed by atoms with E-state index in [1.54, 1.807) is 0 Å². The van der Waals surface area contributed by atoms with Gasteiger partial charge in [0.2, 0.25) is 5.95 Å². The summed E-state index contributed by atoms with van der Waals surface area (Å²) in [6.07, 6.45) is 2.89. The maximum Gasteiger partial charge on any atom is 0.319 e. The molecule has 17 heavy (non-hydrogen) atoms. The van der Waals surface area contributed by atoms with Crippen LogP contribution >= 0.6 is 11.8 Å². The molecule has 1 aromatic heterocycles. The zero-order valence-electron chi connectivity index (χ0n) is 9.04. The van der Waals surface area contributed by atoms with Crippen molar-refractivity contribution in [3.8, 4) is 0 Å². The summed E-state index contributed by atoms with van der Waals surface area (Å²) < 4.78 is 5.23. The minimum Gasteiger partial charge on any atom is -0.381 e. The lowest BCUT2D eigenvalue weighted by Gasteiger charge is -2.20. The highest BCUT2D eigenvalue weighted by atomic mass is 32.2. The van der Waals surface area contributed by atoms with E-state index >= 15 is 0 Å². The average Bonchev–Trinajstić information content (AvgIpc) is 2.30. The number of aromatic nitrogens is 2. The molecule has 1 aliphatic heterocycles. The van der Waals surface area contributed by atoms with Gasteiger partial charge in [-0.1, -0.05) is 11.8 Å². The first-order valence-corrected chi connectivity index (χ1v) is 6.06. The maximum atomic E-state index is 10.8. The van der Waals surface area contributed by atoms with E-state index in [9.17, 15) is 10.1 Å². The molecule has 2 rings (SSSR count). The van der Waals surface area contributed by atoms with Gasteiger partial charge < -0.3 is 10.5 Å². The summed E-state index contributed by atoms with van der Waals surface area (Å²) >= 11 is 1.38. The minimum atomic E-state index is -0.485. The molecule has 1 aliphatic rings. The van der Waals surface area contributed by atoms with Crippen molar-refractivity contribution in [3.05, 3.63) is 16.3 Å². The van der Waals surface area contributed by atoms with Crippen molar-refractivity contribution in [2.24, 2.45) is 0 Å². The molecule has 1 aromatic rings. The number of hydrogen-bond donors (Lipinski definition) is 1. The van der Waals surface area contributed by atoms with Crippen LogP contribution in [0.25, 0.3) is 0 Å². The molecule has 0 aliphatic carbocycles. The van der Waals surface area contributed by atoms with Crippen LogP contribution in [-0.4, -0.2) is 33.4 Å². The zero-order chi connectivity index (χ0) is 12.3. The fourth-order valence-electron chi connectivity index (χ4n) is 1.54. The molecule has 0 unspecified atom stereocenters. The van der Waals surface area contributed by atoms with Gasteiger partial charge in [0.15, 0.2) is 5.03 Å². The van der Waals surface area contributed by atoms with Gasteiger partial charge in [-0.25, -0.2) is 4.98 Å². The smallest absolute Gasteiger partial charge is 0.319 e. The van der Waals surface area contributed by atoms with E-state index in [0.29, 0.717) is 18.2 Å². The molecule has 1 saturated heterocycles. The predicted octanol–water partition coefficient (Wildman–Crippen LogP) is 1.24. The van der Waals surface area contributed by atoms with E-state index < -0.39 is 4.92 Å². The predicted molar refractivity (Wildman–Crippen MR) is 62.8 cm³/mol. The SMILES string of the molecule is Nc1ncc([N+](=O)[O-])c(SC2CCOCC2)n1. The summed E-state index contributed by atoms with van der Waals surface area (Å²) in [5, 5.41) is 11.5. The molecule has 8 heteroatoms. The molecule has 0 bridgehead atoms. The molecular formula is C9H12N4O3S. The Morgan fingerprint density at radius 3 is 2.88 bits per heavy atom. The second-order valence-electron chi connectivity index (χ2n) is 3.61. The first-order chi connectivity index (χ1) is 8.16. The molecular weight excluding hydrogens is 244 g/mol. The summed E-state index contributed by atoms with van der Waals surface area (Å²) in [6, 6.07) is 0. The average molecular weight is 256 g/mol. The molecule has 0 radical (unpaired) electrons. The Morgan fingerprint density at radius 2 is 2.24 bits per heavy atom. The normalized spacial score (nSPS) is 16.9. The molecule has 2 N–H and O–H groups in total. The third kappa shape index (κ3) is 3.04. The van der Waals surface area contributed by atoms with Gasteiger partial charge in [0, 0.05) is 18.5 Å². The van der Waals surface area contributed by atoms with E-state index in [1.165, 1.54) is 11.8 Å². The van der Waals surface area contributed by atoms with Gasteiger partial charge in [0.25, 0.3) is 0 Å². The fraction of sp³-hybridized carbons (Fsp3) is 0.556. The topological polar surface area (TPSA) is 104 Å². The van der Waals surface area contributed by atoms with Crippen molar-refractivity contribution in [2.45, 2.75) is 23.1 Å². The molecule has 0 saturated carbocycles. The van der Waals surface area contributed by atoms with Crippen molar-refractivity contribution in [1.82, 2.24) is 9.97 Å². The Hall–Kier alpha value is -1.41. The number of nitrogen functional groups attached to an aromatic ring is 1. The summed E-state index contributed by atoms with van der Waals surface area (Å²) in [6.45, 7) is 1.37. The Kier molecular flexibility index (Phi) is 3.75. The highest BCUT2D eigenvalue weighted by Crippen LogP contribution is 2.34. The number of nitro groups is 1. The van der Waals surface area contributed by atoms with Crippen molar-refractivity contribution in [2.75, 3.05) is 18.9 Å². The third-order valence-electron chi connectivity index (χ3n) is 2.40. The first-order valence-electron chi connectivity index (χ1n) is 5.18. The second kappa shape index (κ2) is 5.28. The molecule has 0 amide bonds. The van der Waals surface area contributed by atoms with E-state index in [1.807, 2.05) is 0 Å². The Balaban J connectivity index is 2.17. The van der Waals surface area contributed by atoms with Crippen molar-refractivity contribution in [1.29, 1.82) is 0 Å². The molecule has 92 valence electrons. The Bertz CT molecular complexity index is 423. The molecule has 2 heterocycles. The maximum absolute atomic E-state index is 10.8. The first kappa shape index (κ1) is 12.1. The van der Waals surface area contributed by atoms with Gasteiger partial charge in [-0.15, -0.1) is 0 Å². The van der Waals surface area contributed by atoms with Crippen LogP contribution in [-0.2, 0) is 4.74 Å². The summed E-state index contributed by atoms with van der Waals surface area (Å²) in [4.78, 5) is 17.9. The van der Waals surface area contributed by atoms with Crippen LogP contribution in [0.5, 0.6) is 0 Å². The number of rotatable bonds is 3. The minimum absolute atomic E-state index is 0.0603. The van der Waals surface area contributed by atoms with Gasteiger partial charge in [0.1, 0.15) is 6.20 Å². The number of ether oxygens (including phenoxy) is 1. The van der Waals surface area contributed by atoms with Crippen LogP contribution < -0.4 is 5.73 Å². The molecule has 7 nitrogen and oxygen atoms in total. The number of nitrogens with two attached hydrogens (primary N) is 1. The lowest BCUT2D eigenvalue weighted by Crippen LogP contribution is -2.17. The standard InChI is InChI=1S/C9H12N4O3S/c10-9-11-5-7(13(14)15)8(12-9)17-6-1-3-16-4-2-6/h5-6H,1-4H2,(H2,10,11,12). The van der Waals surface area contributed by atoms with Crippen molar-refractivity contribution in [3.63, 3.8) is 0 Å². The second-order valence-corrected chi connectivity index (χ2v) is 4.89. The third-order valence-corrected chi connectivity index (χ3v) is 3.73. The van der Waals surface area contributed by atoms with Crippen LogP contribution in [0, 0.1) is 10.1 Å². The summed E-state index contributed by atoms with van der Waals surface area (Å²) in [5.41, 5.74) is 5.36. The van der Waals surface area contributed by atoms with Crippen molar-refractivity contribution < 1.29 is 9.66 Å². The number of nitrogens with zero attached hydrogens (tertiary/aromatic N) is 3. The van der Waals surface area contributed by atoms with Gasteiger partial charge in [-0.2, -0.15) is 4.98 Å². The molecule has 0 spiro atoms. The highest BCUT2D eigenvalue weighted by Gasteiger charge is 2.23. The van der Waals surface area contributed by atoms with Crippen LogP contribution in [0.3, 0.4) is 0 Å². The highest BCUT2D eigenvalue weighted by molar-refractivity contribution is 8.00. The number of anilines is 1. The molecule has 0 aromatic carbocycles. The summed E-state index contributed by atoms with van der Waals surface area (Å²) in [7, 11) is 0. The van der Waals surface area contributed by atoms with Crippen LogP contribution in [0.4, 0.5) is 11.6 Å². The van der Waals surface area contributed by atoms with E-state index in [2.05, 4.69) is 9.97 Å². The Labute approximate surface area is 102 Å². The molecule has 1 fully saturated rings. The zero-order valence-corrected chi connectivity index (χ0v) is 9.85. The van der Waals surface area contributed by atoms with Gasteiger partial charge in [0.05, 0.1) is 4.92 Å². The number of thioether (sulfide) groups is 1. The van der Waals surface area contributed by atoms with Gasteiger partial charge in [-0.05, 0) is 12.8 Å². The largest absolute Gasteiger partial charge is 0.381 e. The number of hydrogen-bond acceptors (Lipinski definition) is 7. The Morgan fingerprint density at radius 1 is 1.53 bits per heavy atom. The van der Waals surface area contributed by atoms with Gasteiger partial charge in [-0.3, -0.25) is 10.1 Å². The lowest BCUT2D eigenvalue weighted by molar-refractivity contribution is -0.388. The van der Waals surface area contributed by atoms with Crippen LogP contribution in [0.15, 0.2) is 11.2 Å². The van der Waals surface area contributed by atoms with Gasteiger partial charge >= 0.3 is 5.69 Å². The van der Waals surface area contributed by atoms with E-state index in [-0.39, 0.29) is 16.9 Å². The quantitative estimate of drug-likeness (QED) is 0.492. The van der Waals surface area contributed by atoms with Crippen LogP contribution in [0.1, 0.15) is 12.8 Å². The molecule has 0 atom stereocenters.